The molecule has 0 aliphatic rings. The summed E-state index contributed by atoms with van der Waals surface area (Å²) in [5.41, 5.74) is 6.46. The Labute approximate surface area is 117 Å². The summed E-state index contributed by atoms with van der Waals surface area (Å²) in [7, 11) is 0. The first-order valence-electron chi connectivity index (χ1n) is 5.73. The molecule has 0 aliphatic heterocycles. The molecular formula is C13H18BrNOS. The highest BCUT2D eigenvalue weighted by Crippen LogP contribution is 2.23. The van der Waals surface area contributed by atoms with E-state index in [4.69, 9.17) is 22.7 Å². The minimum absolute atomic E-state index is 0.366. The largest absolute Gasteiger partial charge is 0.493 e. The molecule has 0 atom stereocenters. The van der Waals surface area contributed by atoms with E-state index in [1.807, 2.05) is 18.2 Å². The molecule has 1 aromatic rings. The Bertz CT molecular complexity index is 393. The lowest BCUT2D eigenvalue weighted by molar-refractivity contribution is 0.297. The van der Waals surface area contributed by atoms with Crippen molar-refractivity contribution >= 4 is 33.1 Å². The third-order valence-corrected chi connectivity index (χ3v) is 3.10. The van der Waals surface area contributed by atoms with Crippen molar-refractivity contribution < 1.29 is 4.74 Å². The molecule has 2 nitrogen and oxygen atoms in total. The van der Waals surface area contributed by atoms with Crippen LogP contribution in [-0.2, 0) is 0 Å². The van der Waals surface area contributed by atoms with Gasteiger partial charge in [-0.2, -0.15) is 0 Å². The Morgan fingerprint density at radius 1 is 1.47 bits per heavy atom. The van der Waals surface area contributed by atoms with Crippen LogP contribution in [0.4, 0.5) is 0 Å². The van der Waals surface area contributed by atoms with E-state index in [1.54, 1.807) is 0 Å². The number of thiocarbonyl (C=S) groups is 1. The summed E-state index contributed by atoms with van der Waals surface area (Å²) in [5.74, 6) is 1.48. The Kier molecular flexibility index (Phi) is 5.92. The van der Waals surface area contributed by atoms with Crippen molar-refractivity contribution in [2.24, 2.45) is 11.7 Å². The molecule has 0 bridgehead atoms. The summed E-state index contributed by atoms with van der Waals surface area (Å²) < 4.78 is 6.67. The lowest BCUT2D eigenvalue weighted by Crippen LogP contribution is -2.12. The Morgan fingerprint density at radius 3 is 2.76 bits per heavy atom. The summed E-state index contributed by atoms with van der Waals surface area (Å²) in [6.07, 6.45) is 2.21. The number of rotatable bonds is 6. The van der Waals surface area contributed by atoms with Crippen molar-refractivity contribution in [3.8, 4) is 5.75 Å². The molecule has 2 N–H and O–H groups in total. The molecule has 0 aromatic heterocycles. The molecule has 0 amide bonds. The van der Waals surface area contributed by atoms with E-state index in [-0.39, 0.29) is 0 Å². The quantitative estimate of drug-likeness (QED) is 0.638. The molecule has 0 saturated heterocycles. The molecule has 1 aromatic carbocycles. The monoisotopic (exact) mass is 315 g/mol. The van der Waals surface area contributed by atoms with Crippen LogP contribution in [0.3, 0.4) is 0 Å². The summed E-state index contributed by atoms with van der Waals surface area (Å²) in [5, 5.41) is 0. The van der Waals surface area contributed by atoms with Crippen LogP contribution in [0.1, 0.15) is 32.3 Å². The molecule has 0 fully saturated rings. The van der Waals surface area contributed by atoms with Crippen LogP contribution in [0.5, 0.6) is 5.75 Å². The van der Waals surface area contributed by atoms with Crippen LogP contribution in [0.15, 0.2) is 22.7 Å². The predicted octanol–water partition coefficient (Wildman–Crippen LogP) is 3.90. The van der Waals surface area contributed by atoms with E-state index in [2.05, 4.69) is 29.8 Å². The second-order valence-electron chi connectivity index (χ2n) is 4.39. The smallest absolute Gasteiger partial charge is 0.129 e. The van der Waals surface area contributed by atoms with E-state index >= 15 is 0 Å². The van der Waals surface area contributed by atoms with Gasteiger partial charge in [0.2, 0.25) is 0 Å². The van der Waals surface area contributed by atoms with E-state index in [1.165, 1.54) is 6.42 Å². The zero-order chi connectivity index (χ0) is 12.8. The van der Waals surface area contributed by atoms with Crippen molar-refractivity contribution in [1.82, 2.24) is 0 Å². The van der Waals surface area contributed by atoms with Crippen LogP contribution in [0.2, 0.25) is 0 Å². The lowest BCUT2D eigenvalue weighted by atomic mass is 10.1. The third-order valence-electron chi connectivity index (χ3n) is 2.39. The van der Waals surface area contributed by atoms with Crippen molar-refractivity contribution in [1.29, 1.82) is 0 Å². The Morgan fingerprint density at radius 2 is 2.18 bits per heavy atom. The Balaban J connectivity index is 2.61. The molecule has 1 rings (SSSR count). The molecule has 0 aliphatic carbocycles. The maximum absolute atomic E-state index is 5.72. The van der Waals surface area contributed by atoms with Crippen molar-refractivity contribution in [2.75, 3.05) is 6.61 Å². The minimum Gasteiger partial charge on any atom is -0.493 e. The number of halogens is 1. The van der Waals surface area contributed by atoms with Gasteiger partial charge in [-0.15, -0.1) is 0 Å². The van der Waals surface area contributed by atoms with E-state index < -0.39 is 0 Å². The molecular weight excluding hydrogens is 298 g/mol. The highest BCUT2D eigenvalue weighted by atomic mass is 79.9. The van der Waals surface area contributed by atoms with Gasteiger partial charge in [0.05, 0.1) is 12.2 Å². The van der Waals surface area contributed by atoms with Crippen molar-refractivity contribution in [3.05, 3.63) is 28.2 Å². The SMILES string of the molecule is CC(C)CCCOc1ccc(Br)cc1C(N)=S. The van der Waals surface area contributed by atoms with Gasteiger partial charge < -0.3 is 10.5 Å². The zero-order valence-electron chi connectivity index (χ0n) is 10.2. The van der Waals surface area contributed by atoms with Crippen molar-refractivity contribution in [3.63, 3.8) is 0 Å². The second kappa shape index (κ2) is 6.97. The van der Waals surface area contributed by atoms with E-state index in [9.17, 15) is 0 Å². The van der Waals surface area contributed by atoms with Crippen LogP contribution in [0.25, 0.3) is 0 Å². The standard InChI is InChI=1S/C13H18BrNOS/c1-9(2)4-3-7-16-12-6-5-10(14)8-11(12)13(15)17/h5-6,8-9H,3-4,7H2,1-2H3,(H2,15,17). The third kappa shape index (κ3) is 5.04. The molecule has 0 unspecified atom stereocenters. The average Bonchev–Trinajstić information content (AvgIpc) is 2.25. The fourth-order valence-corrected chi connectivity index (χ4v) is 2.01. The molecule has 4 heteroatoms. The molecule has 0 spiro atoms. The molecule has 94 valence electrons. The van der Waals surface area contributed by atoms with E-state index in [0.29, 0.717) is 17.5 Å². The number of hydrogen-bond acceptors (Lipinski definition) is 2. The van der Waals surface area contributed by atoms with Gasteiger partial charge in [-0.25, -0.2) is 0 Å². The van der Waals surface area contributed by atoms with Gasteiger partial charge in [0.15, 0.2) is 0 Å². The predicted molar refractivity (Wildman–Crippen MR) is 79.6 cm³/mol. The van der Waals surface area contributed by atoms with Crippen LogP contribution in [0, 0.1) is 5.92 Å². The summed E-state index contributed by atoms with van der Waals surface area (Å²) in [6, 6.07) is 5.72. The van der Waals surface area contributed by atoms with Crippen LogP contribution < -0.4 is 10.5 Å². The fourth-order valence-electron chi connectivity index (χ4n) is 1.49. The Hall–Kier alpha value is -0.610. The molecule has 0 radical (unpaired) electrons. The highest BCUT2D eigenvalue weighted by Gasteiger charge is 2.07. The van der Waals surface area contributed by atoms with Crippen molar-refractivity contribution in [2.45, 2.75) is 26.7 Å². The van der Waals surface area contributed by atoms with Gasteiger partial charge >= 0.3 is 0 Å². The maximum Gasteiger partial charge on any atom is 0.129 e. The van der Waals surface area contributed by atoms with Gasteiger partial charge in [0.1, 0.15) is 10.7 Å². The topological polar surface area (TPSA) is 35.2 Å². The molecule has 17 heavy (non-hydrogen) atoms. The lowest BCUT2D eigenvalue weighted by Gasteiger charge is -2.11. The molecule has 0 saturated carbocycles. The van der Waals surface area contributed by atoms with Gasteiger partial charge in [0, 0.05) is 4.47 Å². The first-order chi connectivity index (χ1) is 8.00. The minimum atomic E-state index is 0.366. The van der Waals surface area contributed by atoms with E-state index in [0.717, 1.165) is 22.2 Å². The first kappa shape index (κ1) is 14.5. The highest BCUT2D eigenvalue weighted by molar-refractivity contribution is 9.10. The van der Waals surface area contributed by atoms with Crippen LogP contribution >= 0.6 is 28.1 Å². The number of ether oxygens (including phenoxy) is 1. The fraction of sp³-hybridized carbons (Fsp3) is 0.462. The van der Waals surface area contributed by atoms with Gasteiger partial charge in [-0.1, -0.05) is 42.0 Å². The first-order valence-corrected chi connectivity index (χ1v) is 6.93. The van der Waals surface area contributed by atoms with Crippen LogP contribution in [-0.4, -0.2) is 11.6 Å². The maximum atomic E-state index is 5.72. The second-order valence-corrected chi connectivity index (χ2v) is 5.74. The number of hydrogen-bond donors (Lipinski definition) is 1. The average molecular weight is 316 g/mol. The number of nitrogens with two attached hydrogens (primary N) is 1. The summed E-state index contributed by atoms with van der Waals surface area (Å²) in [6.45, 7) is 5.12. The summed E-state index contributed by atoms with van der Waals surface area (Å²) >= 11 is 8.40. The van der Waals surface area contributed by atoms with Gasteiger partial charge in [-0.3, -0.25) is 0 Å². The molecule has 0 heterocycles. The number of benzene rings is 1. The van der Waals surface area contributed by atoms with Gasteiger partial charge in [-0.05, 0) is 37.0 Å². The normalized spacial score (nSPS) is 10.6. The summed E-state index contributed by atoms with van der Waals surface area (Å²) in [4.78, 5) is 0.366. The van der Waals surface area contributed by atoms with Gasteiger partial charge in [0.25, 0.3) is 0 Å². The zero-order valence-corrected chi connectivity index (χ0v) is 12.6.